The van der Waals surface area contributed by atoms with E-state index in [-0.39, 0.29) is 29.1 Å². The number of carbonyl (C=O) groups is 1. The molecule has 2 aromatic carbocycles. The number of carbonyl (C=O) groups excluding carboxylic acids is 1. The van der Waals surface area contributed by atoms with Gasteiger partial charge in [-0.05, 0) is 79.7 Å². The molecule has 2 aromatic rings. The lowest BCUT2D eigenvalue weighted by molar-refractivity contribution is -0.150. The molecule has 0 N–H and O–H groups in total. The highest BCUT2D eigenvalue weighted by atomic mass is 19.1. The molecule has 4 nitrogen and oxygen atoms in total. The van der Waals surface area contributed by atoms with Gasteiger partial charge in [-0.25, -0.2) is 8.78 Å². The Balaban J connectivity index is 1.22. The van der Waals surface area contributed by atoms with Crippen LogP contribution in [0, 0.1) is 22.5 Å². The first-order valence-corrected chi connectivity index (χ1v) is 12.4. The lowest BCUT2D eigenvalue weighted by Crippen LogP contribution is -2.52. The Bertz CT molecular complexity index is 1010. The zero-order valence-corrected chi connectivity index (χ0v) is 19.6. The second-order valence-corrected chi connectivity index (χ2v) is 10.4. The van der Waals surface area contributed by atoms with Gasteiger partial charge in [0.25, 0.3) is 0 Å². The lowest BCUT2D eigenvalue weighted by Gasteiger charge is -2.44. The van der Waals surface area contributed by atoms with Gasteiger partial charge in [-0.2, -0.15) is 0 Å². The Morgan fingerprint density at radius 1 is 1.00 bits per heavy atom. The Kier molecular flexibility index (Phi) is 6.72. The summed E-state index contributed by atoms with van der Waals surface area (Å²) in [7, 11) is 0. The highest BCUT2D eigenvalue weighted by molar-refractivity contribution is 5.83. The van der Waals surface area contributed by atoms with Crippen LogP contribution in [-0.2, 0) is 27.1 Å². The average molecular weight is 470 g/mol. The first kappa shape index (κ1) is 23.4. The molecule has 6 heteroatoms. The highest BCUT2D eigenvalue weighted by Gasteiger charge is 2.47. The van der Waals surface area contributed by atoms with Gasteiger partial charge in [0, 0.05) is 26.3 Å². The SMILES string of the molecule is O=C(N1CCC2(CC1)COC(Cc1cccc(F)c1)C2)C1(Cc2ccccc2F)CCOCC1. The van der Waals surface area contributed by atoms with Gasteiger partial charge in [-0.15, -0.1) is 0 Å². The van der Waals surface area contributed by atoms with Crippen molar-refractivity contribution in [3.05, 3.63) is 71.3 Å². The van der Waals surface area contributed by atoms with Crippen LogP contribution in [0.25, 0.3) is 0 Å². The summed E-state index contributed by atoms with van der Waals surface area (Å²) in [6, 6.07) is 13.5. The van der Waals surface area contributed by atoms with E-state index in [1.807, 2.05) is 17.0 Å². The molecule has 0 aliphatic carbocycles. The van der Waals surface area contributed by atoms with E-state index >= 15 is 0 Å². The first-order valence-electron chi connectivity index (χ1n) is 12.4. The third-order valence-corrected chi connectivity index (χ3v) is 8.14. The van der Waals surface area contributed by atoms with Crippen molar-refractivity contribution in [3.63, 3.8) is 0 Å². The zero-order valence-electron chi connectivity index (χ0n) is 19.6. The van der Waals surface area contributed by atoms with Crippen LogP contribution in [0.5, 0.6) is 0 Å². The summed E-state index contributed by atoms with van der Waals surface area (Å²) in [5.41, 5.74) is 1.06. The molecule has 182 valence electrons. The van der Waals surface area contributed by atoms with Crippen LogP contribution >= 0.6 is 0 Å². The van der Waals surface area contributed by atoms with Crippen molar-refractivity contribution in [1.82, 2.24) is 4.90 Å². The number of rotatable bonds is 5. The predicted octanol–water partition coefficient (Wildman–Crippen LogP) is 4.94. The second kappa shape index (κ2) is 9.74. The fourth-order valence-corrected chi connectivity index (χ4v) is 6.06. The summed E-state index contributed by atoms with van der Waals surface area (Å²) >= 11 is 0. The topological polar surface area (TPSA) is 38.8 Å². The van der Waals surface area contributed by atoms with Crippen LogP contribution in [0.3, 0.4) is 0 Å². The standard InChI is InChI=1S/C28H33F2NO3/c29-23-6-3-4-21(16-23)17-24-19-27(20-34-24)8-12-31(13-9-27)26(32)28(10-14-33-15-11-28)18-22-5-1-2-7-25(22)30/h1-7,16,24H,8-15,17-20H2. The van der Waals surface area contributed by atoms with Crippen molar-refractivity contribution in [2.75, 3.05) is 32.9 Å². The largest absolute Gasteiger partial charge is 0.381 e. The number of amides is 1. The fourth-order valence-electron chi connectivity index (χ4n) is 6.06. The maximum atomic E-state index is 14.4. The first-order chi connectivity index (χ1) is 16.5. The van der Waals surface area contributed by atoms with Crippen LogP contribution in [0.15, 0.2) is 48.5 Å². The van der Waals surface area contributed by atoms with Crippen molar-refractivity contribution in [2.45, 2.75) is 51.0 Å². The molecule has 3 fully saturated rings. The van der Waals surface area contributed by atoms with Crippen LogP contribution in [0.2, 0.25) is 0 Å². The molecular formula is C28H33F2NO3. The predicted molar refractivity (Wildman–Crippen MR) is 125 cm³/mol. The lowest BCUT2D eigenvalue weighted by atomic mass is 9.72. The molecule has 0 bridgehead atoms. The summed E-state index contributed by atoms with van der Waals surface area (Å²) in [6.45, 7) is 3.17. The zero-order chi connectivity index (χ0) is 23.6. The molecular weight excluding hydrogens is 436 g/mol. The van der Waals surface area contributed by atoms with Gasteiger partial charge < -0.3 is 14.4 Å². The quantitative estimate of drug-likeness (QED) is 0.622. The van der Waals surface area contributed by atoms with Crippen molar-refractivity contribution < 1.29 is 23.0 Å². The van der Waals surface area contributed by atoms with Gasteiger partial charge in [-0.1, -0.05) is 30.3 Å². The minimum Gasteiger partial charge on any atom is -0.381 e. The highest BCUT2D eigenvalue weighted by Crippen LogP contribution is 2.44. The minimum atomic E-state index is -0.600. The molecule has 3 aliphatic rings. The minimum absolute atomic E-state index is 0.0865. The number of piperidine rings is 1. The van der Waals surface area contributed by atoms with Crippen LogP contribution in [-0.4, -0.2) is 49.8 Å². The van der Waals surface area contributed by atoms with E-state index in [2.05, 4.69) is 0 Å². The average Bonchev–Trinajstić information content (AvgIpc) is 3.23. The third-order valence-electron chi connectivity index (χ3n) is 8.14. The molecule has 0 radical (unpaired) electrons. The molecule has 1 unspecified atom stereocenters. The van der Waals surface area contributed by atoms with Gasteiger partial charge in [0.2, 0.25) is 5.91 Å². The normalized spacial score (nSPS) is 23.8. The molecule has 1 amide bonds. The number of halogens is 2. The molecule has 3 aliphatic heterocycles. The summed E-state index contributed by atoms with van der Waals surface area (Å²) in [5, 5.41) is 0. The Morgan fingerprint density at radius 3 is 2.50 bits per heavy atom. The van der Waals surface area contributed by atoms with Crippen molar-refractivity contribution >= 4 is 5.91 Å². The molecule has 0 aromatic heterocycles. The van der Waals surface area contributed by atoms with E-state index < -0.39 is 5.41 Å². The van der Waals surface area contributed by atoms with Crippen molar-refractivity contribution in [2.24, 2.45) is 10.8 Å². The van der Waals surface area contributed by atoms with E-state index in [0.29, 0.717) is 64.2 Å². The number of benzene rings is 2. The van der Waals surface area contributed by atoms with E-state index in [0.717, 1.165) is 24.8 Å². The third kappa shape index (κ3) is 4.89. The van der Waals surface area contributed by atoms with Gasteiger partial charge in [0.1, 0.15) is 11.6 Å². The molecule has 3 heterocycles. The number of hydrogen-bond acceptors (Lipinski definition) is 3. The second-order valence-electron chi connectivity index (χ2n) is 10.4. The van der Waals surface area contributed by atoms with E-state index in [1.54, 1.807) is 24.3 Å². The van der Waals surface area contributed by atoms with E-state index in [1.165, 1.54) is 12.1 Å². The van der Waals surface area contributed by atoms with Gasteiger partial charge >= 0.3 is 0 Å². The van der Waals surface area contributed by atoms with Crippen LogP contribution in [0.1, 0.15) is 43.2 Å². The summed E-state index contributed by atoms with van der Waals surface area (Å²) < 4.78 is 39.7. The van der Waals surface area contributed by atoms with Gasteiger partial charge in [0.15, 0.2) is 0 Å². The molecule has 34 heavy (non-hydrogen) atoms. The van der Waals surface area contributed by atoms with Crippen LogP contribution in [0.4, 0.5) is 8.78 Å². The van der Waals surface area contributed by atoms with Gasteiger partial charge in [-0.3, -0.25) is 4.79 Å². The maximum Gasteiger partial charge on any atom is 0.229 e. The fraction of sp³-hybridized carbons (Fsp3) is 0.536. The molecule has 1 spiro atoms. The Hall–Kier alpha value is -2.31. The van der Waals surface area contributed by atoms with Gasteiger partial charge in [0.05, 0.1) is 18.1 Å². The van der Waals surface area contributed by atoms with E-state index in [4.69, 9.17) is 9.47 Å². The Morgan fingerprint density at radius 2 is 1.76 bits per heavy atom. The monoisotopic (exact) mass is 469 g/mol. The number of ether oxygens (including phenoxy) is 2. The molecule has 0 saturated carbocycles. The number of nitrogens with zero attached hydrogens (tertiary/aromatic N) is 1. The summed E-state index contributed by atoms with van der Waals surface area (Å²) in [4.78, 5) is 15.8. The van der Waals surface area contributed by atoms with E-state index in [9.17, 15) is 13.6 Å². The number of hydrogen-bond donors (Lipinski definition) is 0. The molecule has 3 saturated heterocycles. The smallest absolute Gasteiger partial charge is 0.229 e. The maximum absolute atomic E-state index is 14.4. The summed E-state index contributed by atoms with van der Waals surface area (Å²) in [6.07, 6.45) is 5.24. The van der Waals surface area contributed by atoms with Crippen molar-refractivity contribution in [3.8, 4) is 0 Å². The van der Waals surface area contributed by atoms with Crippen LogP contribution < -0.4 is 0 Å². The summed E-state index contributed by atoms with van der Waals surface area (Å²) in [5.74, 6) is -0.315. The number of likely N-dealkylation sites (tertiary alicyclic amines) is 1. The Labute approximate surface area is 200 Å². The molecule has 1 atom stereocenters. The molecule has 5 rings (SSSR count). The van der Waals surface area contributed by atoms with Crippen molar-refractivity contribution in [1.29, 1.82) is 0 Å².